The molecule has 2 N–H and O–H groups in total. The maximum atomic E-state index is 13.2. The summed E-state index contributed by atoms with van der Waals surface area (Å²) in [6.45, 7) is 1.20. The number of nitrogens with zero attached hydrogens (tertiary/aromatic N) is 5. The van der Waals surface area contributed by atoms with Gasteiger partial charge in [-0.05, 0) is 18.6 Å². The van der Waals surface area contributed by atoms with Crippen molar-refractivity contribution >= 4 is 23.1 Å². The molecule has 1 aliphatic heterocycles. The van der Waals surface area contributed by atoms with Gasteiger partial charge in [-0.25, -0.2) is 13.9 Å². The topological polar surface area (TPSA) is 95.7 Å². The molecule has 1 saturated heterocycles. The van der Waals surface area contributed by atoms with Gasteiger partial charge in [-0.3, -0.25) is 9.78 Å². The van der Waals surface area contributed by atoms with Gasteiger partial charge in [0.1, 0.15) is 11.6 Å². The zero-order valence-electron chi connectivity index (χ0n) is 13.1. The number of pyridine rings is 1. The van der Waals surface area contributed by atoms with Crippen molar-refractivity contribution in [2.24, 2.45) is 0 Å². The first-order chi connectivity index (χ1) is 12.1. The Balaban J connectivity index is 1.64. The van der Waals surface area contributed by atoms with Gasteiger partial charge in [0.2, 0.25) is 0 Å². The van der Waals surface area contributed by atoms with Crippen LogP contribution in [0.15, 0.2) is 36.8 Å². The van der Waals surface area contributed by atoms with Crippen LogP contribution in [0.5, 0.6) is 0 Å². The van der Waals surface area contributed by atoms with Gasteiger partial charge >= 0.3 is 0 Å². The van der Waals surface area contributed by atoms with E-state index in [-0.39, 0.29) is 17.5 Å². The van der Waals surface area contributed by atoms with Gasteiger partial charge in [-0.1, -0.05) is 0 Å². The second-order valence-corrected chi connectivity index (χ2v) is 5.84. The van der Waals surface area contributed by atoms with Crippen LogP contribution in [-0.2, 0) is 0 Å². The van der Waals surface area contributed by atoms with Crippen molar-refractivity contribution in [3.63, 3.8) is 0 Å². The smallest absolute Gasteiger partial charge is 0.276 e. The minimum absolute atomic E-state index is 0.223. The fourth-order valence-corrected chi connectivity index (χ4v) is 2.81. The lowest BCUT2D eigenvalue weighted by Gasteiger charge is -2.16. The van der Waals surface area contributed by atoms with Crippen molar-refractivity contribution in [2.75, 3.05) is 23.3 Å². The van der Waals surface area contributed by atoms with Gasteiger partial charge in [0.25, 0.3) is 5.91 Å². The van der Waals surface area contributed by atoms with Gasteiger partial charge in [0, 0.05) is 19.2 Å². The van der Waals surface area contributed by atoms with E-state index in [1.54, 1.807) is 12.1 Å². The van der Waals surface area contributed by atoms with Gasteiger partial charge < -0.3 is 15.3 Å². The number of aliphatic hydroxyl groups excluding tert-OH is 1. The van der Waals surface area contributed by atoms with E-state index in [1.165, 1.54) is 23.0 Å². The van der Waals surface area contributed by atoms with Crippen molar-refractivity contribution in [3.05, 3.63) is 48.3 Å². The van der Waals surface area contributed by atoms with Crippen molar-refractivity contribution < 1.29 is 14.3 Å². The molecule has 0 aliphatic carbocycles. The third kappa shape index (κ3) is 3.01. The fourth-order valence-electron chi connectivity index (χ4n) is 2.81. The van der Waals surface area contributed by atoms with E-state index in [4.69, 9.17) is 0 Å². The molecule has 4 rings (SSSR count). The predicted molar refractivity (Wildman–Crippen MR) is 88.0 cm³/mol. The molecule has 0 radical (unpaired) electrons. The summed E-state index contributed by atoms with van der Waals surface area (Å²) in [4.78, 5) is 22.3. The lowest BCUT2D eigenvalue weighted by atomic mass is 10.3. The minimum atomic E-state index is -0.538. The molecule has 1 aliphatic rings. The Hall–Kier alpha value is -3.07. The van der Waals surface area contributed by atoms with Crippen LogP contribution in [0.3, 0.4) is 0 Å². The summed E-state index contributed by atoms with van der Waals surface area (Å²) in [5.41, 5.74) is 0.991. The second-order valence-electron chi connectivity index (χ2n) is 5.84. The highest BCUT2D eigenvalue weighted by Gasteiger charge is 2.22. The fraction of sp³-hybridized carbons (Fsp3) is 0.250. The van der Waals surface area contributed by atoms with Crippen LogP contribution in [0.1, 0.15) is 16.9 Å². The Morgan fingerprint density at radius 1 is 1.32 bits per heavy atom. The SMILES string of the molecule is O=C(Nc1cncc(F)c1)c1cnc2ccc(N3CCC(O)C3)nn12. The van der Waals surface area contributed by atoms with Crippen LogP contribution >= 0.6 is 0 Å². The Kier molecular flexibility index (Phi) is 3.77. The van der Waals surface area contributed by atoms with Gasteiger partial charge in [0.15, 0.2) is 11.3 Å². The van der Waals surface area contributed by atoms with Crippen LogP contribution in [0, 0.1) is 5.82 Å². The van der Waals surface area contributed by atoms with Gasteiger partial charge in [-0.2, -0.15) is 0 Å². The lowest BCUT2D eigenvalue weighted by molar-refractivity contribution is 0.102. The van der Waals surface area contributed by atoms with Crippen LogP contribution in [0.2, 0.25) is 0 Å². The summed E-state index contributed by atoms with van der Waals surface area (Å²) in [5.74, 6) is -0.349. The Labute approximate surface area is 141 Å². The lowest BCUT2D eigenvalue weighted by Crippen LogP contribution is -2.23. The number of aliphatic hydroxyl groups is 1. The minimum Gasteiger partial charge on any atom is -0.391 e. The Morgan fingerprint density at radius 2 is 2.20 bits per heavy atom. The number of fused-ring (bicyclic) bond motifs is 1. The maximum Gasteiger partial charge on any atom is 0.276 e. The number of imidazole rings is 1. The van der Waals surface area contributed by atoms with Crippen molar-refractivity contribution in [1.29, 1.82) is 0 Å². The molecule has 0 spiro atoms. The number of rotatable bonds is 3. The molecule has 9 heteroatoms. The molecule has 0 bridgehead atoms. The standard InChI is InChI=1S/C16H15FN6O2/c17-10-5-11(7-18-6-10)20-16(25)13-8-19-14-1-2-15(21-23(13)14)22-4-3-12(24)9-22/h1-2,5-8,12,24H,3-4,9H2,(H,20,25). The molecule has 3 aromatic heterocycles. The molecular weight excluding hydrogens is 327 g/mol. The molecule has 1 atom stereocenters. The number of aromatic nitrogens is 4. The number of hydrogen-bond acceptors (Lipinski definition) is 6. The summed E-state index contributed by atoms with van der Waals surface area (Å²) >= 11 is 0. The van der Waals surface area contributed by atoms with E-state index in [0.717, 1.165) is 6.20 Å². The number of β-amino-alcohol motifs (C(OH)–C–C–N with tert-alkyl or cyclic N) is 1. The van der Waals surface area contributed by atoms with Crippen LogP contribution in [0.4, 0.5) is 15.9 Å². The number of amides is 1. The van der Waals surface area contributed by atoms with E-state index in [1.807, 2.05) is 4.90 Å². The van der Waals surface area contributed by atoms with E-state index < -0.39 is 11.7 Å². The number of halogens is 1. The molecule has 1 unspecified atom stereocenters. The first-order valence-corrected chi connectivity index (χ1v) is 7.80. The third-order valence-electron chi connectivity index (χ3n) is 4.03. The maximum absolute atomic E-state index is 13.2. The first kappa shape index (κ1) is 15.5. The van der Waals surface area contributed by atoms with E-state index in [2.05, 4.69) is 20.4 Å². The molecular formula is C16H15FN6O2. The molecule has 8 nitrogen and oxygen atoms in total. The number of hydrogen-bond donors (Lipinski definition) is 2. The zero-order valence-corrected chi connectivity index (χ0v) is 13.1. The Morgan fingerprint density at radius 3 is 2.96 bits per heavy atom. The number of nitrogens with one attached hydrogen (secondary N) is 1. The zero-order chi connectivity index (χ0) is 17.4. The van der Waals surface area contributed by atoms with E-state index >= 15 is 0 Å². The summed E-state index contributed by atoms with van der Waals surface area (Å²) < 4.78 is 14.6. The third-order valence-corrected chi connectivity index (χ3v) is 4.03. The molecule has 4 heterocycles. The number of carbonyl (C=O) groups excluding carboxylic acids is 1. The highest BCUT2D eigenvalue weighted by Crippen LogP contribution is 2.19. The quantitative estimate of drug-likeness (QED) is 0.740. The molecule has 0 aromatic carbocycles. The molecule has 1 amide bonds. The largest absolute Gasteiger partial charge is 0.391 e. The Bertz CT molecular complexity index is 943. The van der Waals surface area contributed by atoms with Gasteiger partial charge in [0.05, 0.1) is 30.4 Å². The molecule has 3 aromatic rings. The van der Waals surface area contributed by atoms with Gasteiger partial charge in [-0.15, -0.1) is 5.10 Å². The van der Waals surface area contributed by atoms with Crippen LogP contribution in [-0.4, -0.2) is 49.8 Å². The summed E-state index contributed by atoms with van der Waals surface area (Å²) in [5, 5.41) is 16.7. The summed E-state index contributed by atoms with van der Waals surface area (Å²) in [7, 11) is 0. The molecule has 25 heavy (non-hydrogen) atoms. The monoisotopic (exact) mass is 342 g/mol. The average molecular weight is 342 g/mol. The van der Waals surface area contributed by atoms with Crippen molar-refractivity contribution in [2.45, 2.75) is 12.5 Å². The van der Waals surface area contributed by atoms with Crippen molar-refractivity contribution in [1.82, 2.24) is 19.6 Å². The van der Waals surface area contributed by atoms with E-state index in [9.17, 15) is 14.3 Å². The van der Waals surface area contributed by atoms with Crippen LogP contribution in [0.25, 0.3) is 5.65 Å². The van der Waals surface area contributed by atoms with Crippen LogP contribution < -0.4 is 10.2 Å². The summed E-state index contributed by atoms with van der Waals surface area (Å²) in [6, 6.07) is 4.74. The molecule has 1 fully saturated rings. The van der Waals surface area contributed by atoms with E-state index in [0.29, 0.717) is 31.0 Å². The average Bonchev–Trinajstić information content (AvgIpc) is 3.20. The number of carbonyl (C=O) groups is 1. The normalized spacial score (nSPS) is 17.2. The number of anilines is 2. The van der Waals surface area contributed by atoms with Crippen molar-refractivity contribution in [3.8, 4) is 0 Å². The molecule has 128 valence electrons. The highest BCUT2D eigenvalue weighted by molar-refractivity contribution is 6.03. The first-order valence-electron chi connectivity index (χ1n) is 7.80. The highest BCUT2D eigenvalue weighted by atomic mass is 19.1. The molecule has 0 saturated carbocycles. The second kappa shape index (κ2) is 6.10. The summed E-state index contributed by atoms with van der Waals surface area (Å²) in [6.07, 6.45) is 4.14. The predicted octanol–water partition coefficient (Wildman–Crippen LogP) is 1.09.